The predicted molar refractivity (Wildman–Crippen MR) is 111 cm³/mol. The van der Waals surface area contributed by atoms with Crippen molar-refractivity contribution in [2.45, 2.75) is 26.1 Å². The Morgan fingerprint density at radius 2 is 1.07 bits per heavy atom. The van der Waals surface area contributed by atoms with E-state index >= 15 is 0 Å². The monoisotopic (exact) mass is 402 g/mol. The van der Waals surface area contributed by atoms with E-state index in [1.54, 1.807) is 35.5 Å². The molecule has 0 N–H and O–H groups in total. The number of methoxy groups -OCH3 is 5. The minimum absolute atomic E-state index is 0.0612. The molecule has 6 heteroatoms. The summed E-state index contributed by atoms with van der Waals surface area (Å²) in [6.45, 7) is 4.42. The fraction of sp³-hybridized carbons (Fsp3) is 0.478. The molecule has 1 heterocycles. The second-order valence-corrected chi connectivity index (χ2v) is 7.27. The summed E-state index contributed by atoms with van der Waals surface area (Å²) >= 11 is 0. The Morgan fingerprint density at radius 1 is 0.586 bits per heavy atom. The van der Waals surface area contributed by atoms with Crippen molar-refractivity contribution in [1.82, 2.24) is 0 Å². The van der Waals surface area contributed by atoms with Crippen molar-refractivity contribution < 1.29 is 28.4 Å². The van der Waals surface area contributed by atoms with Gasteiger partial charge in [0.1, 0.15) is 0 Å². The fourth-order valence-corrected chi connectivity index (χ4v) is 4.02. The molecule has 0 saturated carbocycles. The molecule has 29 heavy (non-hydrogen) atoms. The Kier molecular flexibility index (Phi) is 6.42. The van der Waals surface area contributed by atoms with E-state index in [1.807, 2.05) is 30.3 Å². The first-order chi connectivity index (χ1) is 14.0. The second-order valence-electron chi connectivity index (χ2n) is 7.27. The van der Waals surface area contributed by atoms with Crippen molar-refractivity contribution in [3.8, 4) is 28.7 Å². The van der Waals surface area contributed by atoms with E-state index in [1.165, 1.54) is 0 Å². The van der Waals surface area contributed by atoms with Gasteiger partial charge in [-0.05, 0) is 47.2 Å². The summed E-state index contributed by atoms with van der Waals surface area (Å²) < 4.78 is 33.9. The van der Waals surface area contributed by atoms with Crippen molar-refractivity contribution in [3.63, 3.8) is 0 Å². The van der Waals surface area contributed by atoms with Crippen molar-refractivity contribution in [1.29, 1.82) is 0 Å². The van der Waals surface area contributed by atoms with Gasteiger partial charge in [0.05, 0.1) is 47.8 Å². The zero-order valence-corrected chi connectivity index (χ0v) is 18.1. The molecule has 0 aromatic heterocycles. The lowest BCUT2D eigenvalue weighted by Gasteiger charge is -2.20. The summed E-state index contributed by atoms with van der Waals surface area (Å²) in [5, 5.41) is 0. The van der Waals surface area contributed by atoms with Crippen LogP contribution in [0.5, 0.6) is 28.7 Å². The molecule has 0 radical (unpaired) electrons. The summed E-state index contributed by atoms with van der Waals surface area (Å²) in [7, 11) is 8.12. The third kappa shape index (κ3) is 3.81. The van der Waals surface area contributed by atoms with Gasteiger partial charge in [0.25, 0.3) is 0 Å². The molecule has 3 rings (SSSR count). The molecule has 1 aliphatic heterocycles. The highest BCUT2D eigenvalue weighted by atomic mass is 16.5. The molecule has 2 aromatic rings. The molecular formula is C23H30O6. The minimum atomic E-state index is -0.100. The van der Waals surface area contributed by atoms with Crippen LogP contribution in [-0.2, 0) is 4.74 Å². The van der Waals surface area contributed by atoms with Crippen LogP contribution in [0.2, 0.25) is 0 Å². The van der Waals surface area contributed by atoms with E-state index < -0.39 is 0 Å². The Hall–Kier alpha value is -2.60. The highest BCUT2D eigenvalue weighted by Crippen LogP contribution is 2.52. The average molecular weight is 402 g/mol. The summed E-state index contributed by atoms with van der Waals surface area (Å²) in [5.41, 5.74) is 2.07. The first kappa shape index (κ1) is 21.1. The third-order valence-corrected chi connectivity index (χ3v) is 5.83. The Balaban J connectivity index is 1.96. The van der Waals surface area contributed by atoms with Crippen molar-refractivity contribution in [2.75, 3.05) is 35.5 Å². The Morgan fingerprint density at radius 3 is 1.55 bits per heavy atom. The largest absolute Gasteiger partial charge is 0.493 e. The number of benzene rings is 2. The van der Waals surface area contributed by atoms with Gasteiger partial charge in [-0.25, -0.2) is 0 Å². The third-order valence-electron chi connectivity index (χ3n) is 5.83. The van der Waals surface area contributed by atoms with E-state index in [0.717, 1.165) is 11.1 Å². The Labute approximate surface area is 172 Å². The zero-order valence-electron chi connectivity index (χ0n) is 18.1. The van der Waals surface area contributed by atoms with Gasteiger partial charge in [-0.2, -0.15) is 0 Å². The Bertz CT molecular complexity index is 824. The summed E-state index contributed by atoms with van der Waals surface area (Å²) in [4.78, 5) is 0. The van der Waals surface area contributed by atoms with Crippen LogP contribution in [0.4, 0.5) is 0 Å². The lowest BCUT2D eigenvalue weighted by Crippen LogP contribution is -2.10. The maximum Gasteiger partial charge on any atom is 0.203 e. The molecule has 1 aliphatic rings. The number of hydrogen-bond acceptors (Lipinski definition) is 6. The summed E-state index contributed by atoms with van der Waals surface area (Å²) in [6.07, 6.45) is -0.161. The molecule has 2 aromatic carbocycles. The summed E-state index contributed by atoms with van der Waals surface area (Å²) in [6, 6.07) is 9.87. The van der Waals surface area contributed by atoms with Gasteiger partial charge in [0, 0.05) is 0 Å². The molecule has 1 saturated heterocycles. The van der Waals surface area contributed by atoms with Gasteiger partial charge >= 0.3 is 0 Å². The van der Waals surface area contributed by atoms with Gasteiger partial charge < -0.3 is 28.4 Å². The molecule has 4 atom stereocenters. The SMILES string of the molecule is COc1ccc([C@H]2O[C@H](c3cc(OC)c(OC)c(OC)c3)[C@@H](C)[C@@H]2C)cc1OC. The number of rotatable bonds is 7. The van der Waals surface area contributed by atoms with Crippen LogP contribution in [0.25, 0.3) is 0 Å². The van der Waals surface area contributed by atoms with Crippen molar-refractivity contribution in [2.24, 2.45) is 11.8 Å². The van der Waals surface area contributed by atoms with E-state index in [9.17, 15) is 0 Å². The van der Waals surface area contributed by atoms with E-state index in [2.05, 4.69) is 13.8 Å². The maximum atomic E-state index is 6.56. The van der Waals surface area contributed by atoms with Crippen LogP contribution in [0, 0.1) is 11.8 Å². The first-order valence-electron chi connectivity index (χ1n) is 9.66. The second kappa shape index (κ2) is 8.82. The molecule has 0 spiro atoms. The van der Waals surface area contributed by atoms with Gasteiger partial charge in [0.2, 0.25) is 5.75 Å². The van der Waals surface area contributed by atoms with E-state index in [-0.39, 0.29) is 18.1 Å². The predicted octanol–water partition coefficient (Wildman–Crippen LogP) is 4.81. The van der Waals surface area contributed by atoms with Crippen LogP contribution >= 0.6 is 0 Å². The van der Waals surface area contributed by atoms with Gasteiger partial charge in [-0.3, -0.25) is 0 Å². The topological polar surface area (TPSA) is 55.4 Å². The van der Waals surface area contributed by atoms with Gasteiger partial charge in [-0.15, -0.1) is 0 Å². The molecule has 0 bridgehead atoms. The normalized spacial score (nSPS) is 23.6. The standard InChI is InChI=1S/C23H30O6/c1-13-14(2)22(16-11-19(26-5)23(28-7)20(12-16)27-6)29-21(13)15-8-9-17(24-3)18(10-15)25-4/h8-14,21-22H,1-7H3/t13-,14-,21-,22-/m0/s1. The lowest BCUT2D eigenvalue weighted by molar-refractivity contribution is 0.0286. The van der Waals surface area contributed by atoms with E-state index in [0.29, 0.717) is 34.7 Å². The molecule has 0 aliphatic carbocycles. The molecule has 0 amide bonds. The van der Waals surface area contributed by atoms with Gasteiger partial charge in [0.15, 0.2) is 23.0 Å². The number of hydrogen-bond donors (Lipinski definition) is 0. The molecule has 1 fully saturated rings. The van der Waals surface area contributed by atoms with Crippen LogP contribution in [0.15, 0.2) is 30.3 Å². The average Bonchev–Trinajstić information content (AvgIpc) is 3.06. The lowest BCUT2D eigenvalue weighted by atomic mass is 9.85. The quantitative estimate of drug-likeness (QED) is 0.662. The molecule has 0 unspecified atom stereocenters. The number of ether oxygens (including phenoxy) is 6. The van der Waals surface area contributed by atoms with E-state index in [4.69, 9.17) is 28.4 Å². The van der Waals surface area contributed by atoms with Crippen molar-refractivity contribution >= 4 is 0 Å². The summed E-state index contributed by atoms with van der Waals surface area (Å²) in [5.74, 6) is 3.82. The minimum Gasteiger partial charge on any atom is -0.493 e. The van der Waals surface area contributed by atoms with Gasteiger partial charge in [-0.1, -0.05) is 19.9 Å². The molecular weight excluding hydrogens is 372 g/mol. The highest BCUT2D eigenvalue weighted by molar-refractivity contribution is 5.54. The molecule has 158 valence electrons. The van der Waals surface area contributed by atoms with Crippen LogP contribution in [-0.4, -0.2) is 35.5 Å². The highest BCUT2D eigenvalue weighted by Gasteiger charge is 2.41. The smallest absolute Gasteiger partial charge is 0.203 e. The van der Waals surface area contributed by atoms with Crippen molar-refractivity contribution in [3.05, 3.63) is 41.5 Å². The van der Waals surface area contributed by atoms with Crippen LogP contribution in [0.1, 0.15) is 37.2 Å². The zero-order chi connectivity index (χ0) is 21.1. The maximum absolute atomic E-state index is 6.56. The van der Waals surface area contributed by atoms with Crippen LogP contribution < -0.4 is 23.7 Å². The first-order valence-corrected chi connectivity index (χ1v) is 9.66. The fourth-order valence-electron chi connectivity index (χ4n) is 4.02. The molecule has 6 nitrogen and oxygen atoms in total. The van der Waals surface area contributed by atoms with Crippen LogP contribution in [0.3, 0.4) is 0 Å².